The highest BCUT2D eigenvalue weighted by Crippen LogP contribution is 2.16. The molecule has 0 aromatic carbocycles. The van der Waals surface area contributed by atoms with Crippen molar-refractivity contribution >= 4 is 0 Å². The van der Waals surface area contributed by atoms with E-state index in [1.807, 2.05) is 0 Å². The molecule has 1 saturated heterocycles. The van der Waals surface area contributed by atoms with Crippen LogP contribution in [0.5, 0.6) is 0 Å². The minimum atomic E-state index is 0.722. The van der Waals surface area contributed by atoms with Gasteiger partial charge in [-0.1, -0.05) is 34.1 Å². The zero-order chi connectivity index (χ0) is 12.0. The molecule has 0 saturated carbocycles. The van der Waals surface area contributed by atoms with Crippen LogP contribution in [-0.2, 0) is 0 Å². The molecule has 1 fully saturated rings. The molecule has 0 radical (unpaired) electrons. The van der Waals surface area contributed by atoms with E-state index in [1.165, 1.54) is 45.3 Å². The Morgan fingerprint density at radius 3 is 2.56 bits per heavy atom. The highest BCUT2D eigenvalue weighted by molar-refractivity contribution is 4.86. The van der Waals surface area contributed by atoms with E-state index in [-0.39, 0.29) is 0 Å². The molecule has 0 spiro atoms. The molecule has 0 aromatic rings. The highest BCUT2D eigenvalue weighted by Gasteiger charge is 2.26. The zero-order valence-electron chi connectivity index (χ0n) is 11.6. The number of piperazine rings is 1. The van der Waals surface area contributed by atoms with Crippen molar-refractivity contribution < 1.29 is 0 Å². The number of nitrogens with one attached hydrogen (secondary N) is 1. The van der Waals surface area contributed by atoms with Crippen molar-refractivity contribution in [2.45, 2.75) is 65.5 Å². The standard InChI is InChI=1S/C14H30N2/c1-5-7-14-10-15-13(9-12(3)4)11-16(14)8-6-2/h12-15H,5-11H2,1-4H3. The zero-order valence-corrected chi connectivity index (χ0v) is 11.6. The van der Waals surface area contributed by atoms with Gasteiger partial charge in [-0.05, 0) is 31.7 Å². The average Bonchev–Trinajstić information content (AvgIpc) is 2.21. The number of nitrogens with zero attached hydrogens (tertiary/aromatic N) is 1. The third kappa shape index (κ3) is 4.42. The molecule has 2 atom stereocenters. The van der Waals surface area contributed by atoms with Crippen molar-refractivity contribution in [1.29, 1.82) is 0 Å². The van der Waals surface area contributed by atoms with Gasteiger partial charge in [0.1, 0.15) is 0 Å². The third-order valence-electron chi connectivity index (χ3n) is 3.50. The summed E-state index contributed by atoms with van der Waals surface area (Å²) < 4.78 is 0. The van der Waals surface area contributed by atoms with Crippen LogP contribution in [0.4, 0.5) is 0 Å². The summed E-state index contributed by atoms with van der Waals surface area (Å²) in [6.45, 7) is 13.0. The highest BCUT2D eigenvalue weighted by atomic mass is 15.2. The number of rotatable bonds is 6. The lowest BCUT2D eigenvalue weighted by Gasteiger charge is -2.41. The summed E-state index contributed by atoms with van der Waals surface area (Å²) >= 11 is 0. The summed E-state index contributed by atoms with van der Waals surface area (Å²) in [4.78, 5) is 2.72. The largest absolute Gasteiger partial charge is 0.311 e. The van der Waals surface area contributed by atoms with Crippen LogP contribution < -0.4 is 5.32 Å². The van der Waals surface area contributed by atoms with Crippen LogP contribution in [-0.4, -0.2) is 36.6 Å². The van der Waals surface area contributed by atoms with E-state index < -0.39 is 0 Å². The van der Waals surface area contributed by atoms with E-state index in [4.69, 9.17) is 0 Å². The molecule has 1 aliphatic rings. The van der Waals surface area contributed by atoms with E-state index >= 15 is 0 Å². The summed E-state index contributed by atoms with van der Waals surface area (Å²) in [6.07, 6.45) is 5.26. The van der Waals surface area contributed by atoms with Crippen LogP contribution >= 0.6 is 0 Å². The van der Waals surface area contributed by atoms with Gasteiger partial charge in [0.15, 0.2) is 0 Å². The molecule has 1 N–H and O–H groups in total. The van der Waals surface area contributed by atoms with Crippen molar-refractivity contribution in [2.24, 2.45) is 5.92 Å². The Hall–Kier alpha value is -0.0800. The normalized spacial score (nSPS) is 27.6. The molecule has 16 heavy (non-hydrogen) atoms. The fraction of sp³-hybridized carbons (Fsp3) is 1.00. The molecular formula is C14H30N2. The molecular weight excluding hydrogens is 196 g/mol. The second-order valence-corrected chi connectivity index (χ2v) is 5.67. The van der Waals surface area contributed by atoms with Gasteiger partial charge in [-0.25, -0.2) is 0 Å². The molecule has 2 heteroatoms. The quantitative estimate of drug-likeness (QED) is 0.749. The molecule has 0 bridgehead atoms. The Morgan fingerprint density at radius 2 is 2.00 bits per heavy atom. The van der Waals surface area contributed by atoms with Gasteiger partial charge in [-0.2, -0.15) is 0 Å². The number of hydrogen-bond donors (Lipinski definition) is 1. The maximum Gasteiger partial charge on any atom is 0.0221 e. The second kappa shape index (κ2) is 7.29. The molecule has 2 nitrogen and oxygen atoms in total. The Bertz CT molecular complexity index is 180. The minimum absolute atomic E-state index is 0.722. The fourth-order valence-electron chi connectivity index (χ4n) is 2.83. The van der Waals surface area contributed by atoms with E-state index in [1.54, 1.807) is 0 Å². The Kier molecular flexibility index (Phi) is 6.37. The van der Waals surface area contributed by atoms with Crippen molar-refractivity contribution in [3.63, 3.8) is 0 Å². The minimum Gasteiger partial charge on any atom is -0.311 e. The van der Waals surface area contributed by atoms with Gasteiger partial charge in [0.25, 0.3) is 0 Å². The van der Waals surface area contributed by atoms with Gasteiger partial charge in [0.05, 0.1) is 0 Å². The van der Waals surface area contributed by atoms with E-state index in [9.17, 15) is 0 Å². The van der Waals surface area contributed by atoms with Crippen molar-refractivity contribution in [1.82, 2.24) is 10.2 Å². The summed E-state index contributed by atoms with van der Waals surface area (Å²) in [5, 5.41) is 3.73. The average molecular weight is 226 g/mol. The lowest BCUT2D eigenvalue weighted by Crippen LogP contribution is -2.56. The third-order valence-corrected chi connectivity index (χ3v) is 3.50. The Labute approximate surface area is 102 Å². The van der Waals surface area contributed by atoms with Gasteiger partial charge in [0.2, 0.25) is 0 Å². The van der Waals surface area contributed by atoms with Crippen LogP contribution in [0.25, 0.3) is 0 Å². The van der Waals surface area contributed by atoms with Crippen LogP contribution in [0.15, 0.2) is 0 Å². The molecule has 0 aliphatic carbocycles. The first-order chi connectivity index (χ1) is 7.67. The molecule has 96 valence electrons. The first-order valence-electron chi connectivity index (χ1n) is 7.14. The van der Waals surface area contributed by atoms with Crippen molar-refractivity contribution in [3.8, 4) is 0 Å². The van der Waals surface area contributed by atoms with Crippen LogP contribution in [0.3, 0.4) is 0 Å². The lowest BCUT2D eigenvalue weighted by molar-refractivity contribution is 0.115. The van der Waals surface area contributed by atoms with Gasteiger partial charge in [0, 0.05) is 25.2 Å². The first kappa shape index (κ1) is 14.0. The number of hydrogen-bond acceptors (Lipinski definition) is 2. The van der Waals surface area contributed by atoms with E-state index in [0.717, 1.165) is 18.0 Å². The Balaban J connectivity index is 2.43. The molecule has 0 aromatic heterocycles. The maximum absolute atomic E-state index is 3.73. The van der Waals surface area contributed by atoms with Gasteiger partial charge in [-0.15, -0.1) is 0 Å². The second-order valence-electron chi connectivity index (χ2n) is 5.67. The fourth-order valence-corrected chi connectivity index (χ4v) is 2.83. The predicted octanol–water partition coefficient (Wildman–Crippen LogP) is 2.89. The predicted molar refractivity (Wildman–Crippen MR) is 71.8 cm³/mol. The first-order valence-corrected chi connectivity index (χ1v) is 7.14. The Morgan fingerprint density at radius 1 is 1.25 bits per heavy atom. The summed E-state index contributed by atoms with van der Waals surface area (Å²) in [6, 6.07) is 1.51. The SMILES string of the molecule is CCCC1CNC(CC(C)C)CN1CCC. The smallest absolute Gasteiger partial charge is 0.0221 e. The summed E-state index contributed by atoms with van der Waals surface area (Å²) in [7, 11) is 0. The van der Waals surface area contributed by atoms with Crippen LogP contribution in [0.1, 0.15) is 53.4 Å². The van der Waals surface area contributed by atoms with Crippen LogP contribution in [0.2, 0.25) is 0 Å². The molecule has 2 unspecified atom stereocenters. The van der Waals surface area contributed by atoms with E-state index in [0.29, 0.717) is 0 Å². The van der Waals surface area contributed by atoms with E-state index in [2.05, 4.69) is 37.9 Å². The molecule has 1 aliphatic heterocycles. The topological polar surface area (TPSA) is 15.3 Å². The molecule has 1 heterocycles. The molecule has 1 rings (SSSR count). The molecule has 0 amide bonds. The maximum atomic E-state index is 3.73. The lowest BCUT2D eigenvalue weighted by atomic mass is 9.98. The van der Waals surface area contributed by atoms with Crippen LogP contribution in [0, 0.1) is 5.92 Å². The monoisotopic (exact) mass is 226 g/mol. The van der Waals surface area contributed by atoms with Crippen molar-refractivity contribution in [3.05, 3.63) is 0 Å². The van der Waals surface area contributed by atoms with Crippen molar-refractivity contribution in [2.75, 3.05) is 19.6 Å². The van der Waals surface area contributed by atoms with Gasteiger partial charge >= 0.3 is 0 Å². The summed E-state index contributed by atoms with van der Waals surface area (Å²) in [5.74, 6) is 0.809. The van der Waals surface area contributed by atoms with Gasteiger partial charge in [-0.3, -0.25) is 4.90 Å². The van der Waals surface area contributed by atoms with Gasteiger partial charge < -0.3 is 5.32 Å². The summed E-state index contributed by atoms with van der Waals surface area (Å²) in [5.41, 5.74) is 0.